The third-order valence-electron chi connectivity index (χ3n) is 3.49. The molecule has 1 fully saturated rings. The highest BCUT2D eigenvalue weighted by Gasteiger charge is 2.14. The first-order chi connectivity index (χ1) is 7.36. The van der Waals surface area contributed by atoms with Crippen molar-refractivity contribution in [2.75, 3.05) is 18.1 Å². The minimum atomic E-state index is 0.747. The van der Waals surface area contributed by atoms with Gasteiger partial charge in [0, 0.05) is 18.3 Å². The van der Waals surface area contributed by atoms with Crippen LogP contribution in [0.25, 0.3) is 0 Å². The van der Waals surface area contributed by atoms with Gasteiger partial charge < -0.3 is 5.32 Å². The second-order valence-electron chi connectivity index (χ2n) is 4.69. The predicted octanol–water partition coefficient (Wildman–Crippen LogP) is 3.69. The zero-order chi connectivity index (χ0) is 10.9. The van der Waals surface area contributed by atoms with E-state index in [-0.39, 0.29) is 0 Å². The summed E-state index contributed by atoms with van der Waals surface area (Å²) in [4.78, 5) is 0. The lowest BCUT2D eigenvalue weighted by Gasteiger charge is -2.14. The zero-order valence-corrected chi connectivity index (χ0v) is 11.2. The first kappa shape index (κ1) is 13.4. The molecule has 1 aliphatic rings. The molecule has 0 heterocycles. The van der Waals surface area contributed by atoms with Crippen LogP contribution in [0.4, 0.5) is 0 Å². The molecule has 90 valence electrons. The fourth-order valence-electron chi connectivity index (χ4n) is 2.34. The number of rotatable bonds is 8. The van der Waals surface area contributed by atoms with Gasteiger partial charge in [-0.1, -0.05) is 26.7 Å². The van der Waals surface area contributed by atoms with Crippen molar-refractivity contribution in [2.45, 2.75) is 58.4 Å². The summed E-state index contributed by atoms with van der Waals surface area (Å²) < 4.78 is 0. The van der Waals surface area contributed by atoms with E-state index >= 15 is 0 Å². The molecule has 0 spiro atoms. The molecular formula is C13H27NS. The lowest BCUT2D eigenvalue weighted by Crippen LogP contribution is -2.29. The van der Waals surface area contributed by atoms with Gasteiger partial charge in [-0.2, -0.15) is 11.8 Å². The molecule has 0 atom stereocenters. The lowest BCUT2D eigenvalue weighted by molar-refractivity contribution is 0.501. The van der Waals surface area contributed by atoms with Gasteiger partial charge in [-0.05, 0) is 37.4 Å². The molecule has 1 rings (SSSR count). The number of hydrogen-bond donors (Lipinski definition) is 1. The normalized spacial score (nSPS) is 17.8. The van der Waals surface area contributed by atoms with Gasteiger partial charge >= 0.3 is 0 Å². The van der Waals surface area contributed by atoms with Gasteiger partial charge in [0.15, 0.2) is 0 Å². The van der Waals surface area contributed by atoms with Crippen LogP contribution in [-0.4, -0.2) is 24.1 Å². The predicted molar refractivity (Wildman–Crippen MR) is 71.7 cm³/mol. The van der Waals surface area contributed by atoms with Crippen molar-refractivity contribution >= 4 is 11.8 Å². The lowest BCUT2D eigenvalue weighted by atomic mass is 10.1. The summed E-state index contributed by atoms with van der Waals surface area (Å²) in [6.07, 6.45) is 8.49. The maximum Gasteiger partial charge on any atom is 0.00621 e. The minimum absolute atomic E-state index is 0.747. The van der Waals surface area contributed by atoms with Crippen LogP contribution in [-0.2, 0) is 0 Å². The molecule has 2 heteroatoms. The Morgan fingerprint density at radius 3 is 2.47 bits per heavy atom. The molecule has 0 aromatic heterocycles. The van der Waals surface area contributed by atoms with E-state index in [0.29, 0.717) is 0 Å². The Morgan fingerprint density at radius 1 is 1.20 bits per heavy atom. The Kier molecular flexibility index (Phi) is 7.54. The molecule has 1 aliphatic carbocycles. The van der Waals surface area contributed by atoms with Crippen LogP contribution >= 0.6 is 11.8 Å². The fraction of sp³-hybridized carbons (Fsp3) is 1.00. The highest BCUT2D eigenvalue weighted by atomic mass is 32.2. The van der Waals surface area contributed by atoms with Gasteiger partial charge in [-0.3, -0.25) is 0 Å². The van der Waals surface area contributed by atoms with Gasteiger partial charge in [0.25, 0.3) is 0 Å². The maximum absolute atomic E-state index is 3.62. The van der Waals surface area contributed by atoms with Gasteiger partial charge in [0.05, 0.1) is 0 Å². The molecule has 0 amide bonds. The highest BCUT2D eigenvalue weighted by molar-refractivity contribution is 7.99. The van der Waals surface area contributed by atoms with Crippen molar-refractivity contribution in [3.63, 3.8) is 0 Å². The van der Waals surface area contributed by atoms with E-state index in [0.717, 1.165) is 12.0 Å². The SMILES string of the molecule is CCC(CC)NCCSCC1CCCC1. The molecule has 15 heavy (non-hydrogen) atoms. The van der Waals surface area contributed by atoms with Gasteiger partial charge in [0.1, 0.15) is 0 Å². The summed E-state index contributed by atoms with van der Waals surface area (Å²) in [6.45, 7) is 5.74. The molecule has 0 unspecified atom stereocenters. The van der Waals surface area contributed by atoms with Crippen LogP contribution in [0.1, 0.15) is 52.4 Å². The van der Waals surface area contributed by atoms with Crippen molar-refractivity contribution in [1.82, 2.24) is 5.32 Å². The van der Waals surface area contributed by atoms with Crippen molar-refractivity contribution in [3.8, 4) is 0 Å². The van der Waals surface area contributed by atoms with E-state index in [1.807, 2.05) is 0 Å². The largest absolute Gasteiger partial charge is 0.313 e. The second kappa shape index (κ2) is 8.46. The smallest absolute Gasteiger partial charge is 0.00621 e. The average molecular weight is 229 g/mol. The third kappa shape index (κ3) is 5.82. The van der Waals surface area contributed by atoms with E-state index in [1.165, 1.54) is 56.6 Å². The Labute approximate surface area is 99.8 Å². The monoisotopic (exact) mass is 229 g/mol. The quantitative estimate of drug-likeness (QED) is 0.637. The summed E-state index contributed by atoms with van der Waals surface area (Å²) in [5.41, 5.74) is 0. The molecule has 1 N–H and O–H groups in total. The molecular weight excluding hydrogens is 202 g/mol. The zero-order valence-electron chi connectivity index (χ0n) is 10.4. The van der Waals surface area contributed by atoms with Gasteiger partial charge in [0.2, 0.25) is 0 Å². The molecule has 0 bridgehead atoms. The maximum atomic E-state index is 3.62. The fourth-order valence-corrected chi connectivity index (χ4v) is 3.44. The van der Waals surface area contributed by atoms with E-state index in [2.05, 4.69) is 30.9 Å². The summed E-state index contributed by atoms with van der Waals surface area (Å²) in [5, 5.41) is 3.62. The summed E-state index contributed by atoms with van der Waals surface area (Å²) in [5.74, 6) is 3.75. The molecule has 1 saturated carbocycles. The van der Waals surface area contributed by atoms with E-state index in [1.54, 1.807) is 0 Å². The minimum Gasteiger partial charge on any atom is -0.313 e. The Hall–Kier alpha value is 0.310. The van der Waals surface area contributed by atoms with Gasteiger partial charge in [-0.15, -0.1) is 0 Å². The summed E-state index contributed by atoms with van der Waals surface area (Å²) in [6, 6.07) is 0.747. The van der Waals surface area contributed by atoms with Crippen molar-refractivity contribution < 1.29 is 0 Å². The first-order valence-electron chi connectivity index (χ1n) is 6.68. The summed E-state index contributed by atoms with van der Waals surface area (Å²) in [7, 11) is 0. The Bertz CT molecular complexity index is 135. The standard InChI is InChI=1S/C13H27NS/c1-3-13(4-2)14-9-10-15-11-12-7-5-6-8-12/h12-14H,3-11H2,1-2H3. The van der Waals surface area contributed by atoms with Crippen molar-refractivity contribution in [1.29, 1.82) is 0 Å². The number of hydrogen-bond acceptors (Lipinski definition) is 2. The number of nitrogens with one attached hydrogen (secondary N) is 1. The molecule has 0 radical (unpaired) electrons. The Balaban J connectivity index is 1.87. The highest BCUT2D eigenvalue weighted by Crippen LogP contribution is 2.27. The van der Waals surface area contributed by atoms with Crippen LogP contribution in [0.5, 0.6) is 0 Å². The second-order valence-corrected chi connectivity index (χ2v) is 5.84. The van der Waals surface area contributed by atoms with Crippen molar-refractivity contribution in [2.24, 2.45) is 5.92 Å². The molecule has 0 saturated heterocycles. The van der Waals surface area contributed by atoms with E-state index < -0.39 is 0 Å². The third-order valence-corrected chi connectivity index (χ3v) is 4.69. The first-order valence-corrected chi connectivity index (χ1v) is 7.83. The summed E-state index contributed by atoms with van der Waals surface area (Å²) >= 11 is 2.15. The molecule has 0 aromatic carbocycles. The van der Waals surface area contributed by atoms with E-state index in [9.17, 15) is 0 Å². The van der Waals surface area contributed by atoms with Crippen LogP contribution in [0, 0.1) is 5.92 Å². The van der Waals surface area contributed by atoms with Crippen LogP contribution < -0.4 is 5.32 Å². The topological polar surface area (TPSA) is 12.0 Å². The van der Waals surface area contributed by atoms with E-state index in [4.69, 9.17) is 0 Å². The Morgan fingerprint density at radius 2 is 1.87 bits per heavy atom. The number of thioether (sulfide) groups is 1. The van der Waals surface area contributed by atoms with Gasteiger partial charge in [-0.25, -0.2) is 0 Å². The van der Waals surface area contributed by atoms with Crippen LogP contribution in [0.2, 0.25) is 0 Å². The average Bonchev–Trinajstić information content (AvgIpc) is 2.76. The van der Waals surface area contributed by atoms with Crippen molar-refractivity contribution in [3.05, 3.63) is 0 Å². The molecule has 0 aliphatic heterocycles. The molecule has 1 nitrogen and oxygen atoms in total. The molecule has 0 aromatic rings. The van der Waals surface area contributed by atoms with Crippen LogP contribution in [0.3, 0.4) is 0 Å². The van der Waals surface area contributed by atoms with Crippen LogP contribution in [0.15, 0.2) is 0 Å².